The van der Waals surface area contributed by atoms with E-state index in [1.165, 1.54) is 6.07 Å². The van der Waals surface area contributed by atoms with Gasteiger partial charge in [-0.3, -0.25) is 0 Å². The van der Waals surface area contributed by atoms with Crippen molar-refractivity contribution in [3.8, 4) is 0 Å². The summed E-state index contributed by atoms with van der Waals surface area (Å²) in [5, 5.41) is 10.6. The first-order valence-electron chi connectivity index (χ1n) is 4.09. The van der Waals surface area contributed by atoms with Gasteiger partial charge in [0, 0.05) is 5.56 Å². The Morgan fingerprint density at radius 1 is 1.08 bits per heavy atom. The molecule has 2 rings (SSSR count). The Morgan fingerprint density at radius 2 is 1.69 bits per heavy atom. The summed E-state index contributed by atoms with van der Waals surface area (Å²) in [5.74, 6) is -0.346. The maximum Gasteiger partial charge on any atom is 0.129 e. The van der Waals surface area contributed by atoms with Gasteiger partial charge in [-0.25, -0.2) is 4.39 Å². The van der Waals surface area contributed by atoms with Crippen molar-refractivity contribution >= 4 is 10.8 Å². The van der Waals surface area contributed by atoms with Gasteiger partial charge in [0.1, 0.15) is 5.82 Å². The summed E-state index contributed by atoms with van der Waals surface area (Å²) >= 11 is 0. The molecule has 0 unspecified atom stereocenters. The molecular weight excluding hydrogens is 167 g/mol. The lowest BCUT2D eigenvalue weighted by molar-refractivity contribution is 0.276. The molecule has 0 saturated heterocycles. The average molecular weight is 176 g/mol. The van der Waals surface area contributed by atoms with Crippen LogP contribution in [-0.4, -0.2) is 5.11 Å². The van der Waals surface area contributed by atoms with E-state index in [2.05, 4.69) is 0 Å². The fourth-order valence-corrected chi connectivity index (χ4v) is 1.38. The Bertz CT molecular complexity index is 437. The van der Waals surface area contributed by atoms with E-state index >= 15 is 0 Å². The smallest absolute Gasteiger partial charge is 0.129 e. The van der Waals surface area contributed by atoms with Crippen LogP contribution in [0.2, 0.25) is 0 Å². The van der Waals surface area contributed by atoms with Crippen LogP contribution in [0.25, 0.3) is 10.8 Å². The van der Waals surface area contributed by atoms with E-state index in [-0.39, 0.29) is 12.4 Å². The van der Waals surface area contributed by atoms with Gasteiger partial charge in [-0.05, 0) is 22.9 Å². The third-order valence-electron chi connectivity index (χ3n) is 2.09. The molecule has 0 saturated carbocycles. The predicted molar refractivity (Wildman–Crippen MR) is 49.8 cm³/mol. The summed E-state index contributed by atoms with van der Waals surface area (Å²) < 4.78 is 13.2. The molecule has 0 aliphatic carbocycles. The summed E-state index contributed by atoms with van der Waals surface area (Å²) in [6, 6.07) is 10.6. The van der Waals surface area contributed by atoms with Gasteiger partial charge >= 0.3 is 0 Å². The van der Waals surface area contributed by atoms with Crippen molar-refractivity contribution in [2.24, 2.45) is 0 Å². The lowest BCUT2D eigenvalue weighted by Gasteiger charge is -2.02. The van der Waals surface area contributed by atoms with Crippen molar-refractivity contribution in [2.75, 3.05) is 0 Å². The minimum atomic E-state index is -0.346. The second-order valence-corrected chi connectivity index (χ2v) is 2.95. The van der Waals surface area contributed by atoms with Gasteiger partial charge in [0.25, 0.3) is 0 Å². The van der Waals surface area contributed by atoms with Gasteiger partial charge in [0.2, 0.25) is 0 Å². The lowest BCUT2D eigenvalue weighted by Crippen LogP contribution is -1.89. The minimum Gasteiger partial charge on any atom is -0.392 e. The molecule has 1 N–H and O–H groups in total. The molecule has 0 aliphatic rings. The van der Waals surface area contributed by atoms with Crippen LogP contribution in [0, 0.1) is 5.82 Å². The molecule has 0 spiro atoms. The Labute approximate surface area is 75.4 Å². The Kier molecular flexibility index (Phi) is 1.99. The van der Waals surface area contributed by atoms with Crippen LogP contribution < -0.4 is 0 Å². The summed E-state index contributed by atoms with van der Waals surface area (Å²) in [6.45, 7) is -0.253. The largest absolute Gasteiger partial charge is 0.392 e. The molecule has 0 aliphatic heterocycles. The first-order chi connectivity index (χ1) is 6.31. The van der Waals surface area contributed by atoms with Crippen LogP contribution in [0.1, 0.15) is 5.56 Å². The molecule has 0 fully saturated rings. The van der Waals surface area contributed by atoms with Crippen LogP contribution in [0.3, 0.4) is 0 Å². The fourth-order valence-electron chi connectivity index (χ4n) is 1.38. The first kappa shape index (κ1) is 8.20. The predicted octanol–water partition coefficient (Wildman–Crippen LogP) is 2.47. The zero-order valence-electron chi connectivity index (χ0n) is 7.00. The minimum absolute atomic E-state index is 0.253. The van der Waals surface area contributed by atoms with Crippen LogP contribution in [0.4, 0.5) is 4.39 Å². The van der Waals surface area contributed by atoms with E-state index < -0.39 is 0 Å². The van der Waals surface area contributed by atoms with E-state index in [0.717, 1.165) is 10.8 Å². The normalized spacial score (nSPS) is 10.6. The highest BCUT2D eigenvalue weighted by Gasteiger charge is 2.02. The molecule has 2 aromatic rings. The van der Waals surface area contributed by atoms with E-state index in [4.69, 9.17) is 5.11 Å². The highest BCUT2D eigenvalue weighted by atomic mass is 19.1. The Morgan fingerprint density at radius 3 is 2.31 bits per heavy atom. The highest BCUT2D eigenvalue weighted by molar-refractivity contribution is 5.83. The summed E-state index contributed by atoms with van der Waals surface area (Å²) in [4.78, 5) is 0. The molecule has 2 aromatic carbocycles. The molecule has 0 aromatic heterocycles. The van der Waals surface area contributed by atoms with Crippen molar-refractivity contribution in [2.45, 2.75) is 6.61 Å². The van der Waals surface area contributed by atoms with Crippen molar-refractivity contribution in [3.63, 3.8) is 0 Å². The number of aliphatic hydroxyl groups excluding tert-OH is 1. The second-order valence-electron chi connectivity index (χ2n) is 2.95. The Hall–Kier alpha value is -1.41. The van der Waals surface area contributed by atoms with Gasteiger partial charge in [-0.1, -0.05) is 24.3 Å². The summed E-state index contributed by atoms with van der Waals surface area (Å²) in [7, 11) is 0. The van der Waals surface area contributed by atoms with Gasteiger partial charge in [-0.2, -0.15) is 0 Å². The number of halogens is 1. The van der Waals surface area contributed by atoms with Crippen molar-refractivity contribution < 1.29 is 9.50 Å². The van der Waals surface area contributed by atoms with E-state index in [9.17, 15) is 4.39 Å². The maximum absolute atomic E-state index is 13.2. The standard InChI is InChI=1S/C11H9FO/c12-11-6-9-4-2-1-3-8(9)5-10(11)7-13/h1-6,13H,7H2. The number of benzene rings is 2. The van der Waals surface area contributed by atoms with Crippen LogP contribution in [0.5, 0.6) is 0 Å². The SMILES string of the molecule is OCc1cc2ccccc2cc1F. The topological polar surface area (TPSA) is 20.2 Å². The van der Waals surface area contributed by atoms with Gasteiger partial charge in [0.05, 0.1) is 6.61 Å². The molecule has 13 heavy (non-hydrogen) atoms. The molecular formula is C11H9FO. The molecule has 1 nitrogen and oxygen atoms in total. The average Bonchev–Trinajstić information content (AvgIpc) is 2.17. The van der Waals surface area contributed by atoms with Crippen molar-refractivity contribution in [1.82, 2.24) is 0 Å². The zero-order valence-corrected chi connectivity index (χ0v) is 7.00. The molecule has 2 heteroatoms. The number of aliphatic hydroxyl groups is 1. The second kappa shape index (κ2) is 3.15. The number of hydrogen-bond acceptors (Lipinski definition) is 1. The molecule has 0 amide bonds. The molecule has 0 atom stereocenters. The third-order valence-corrected chi connectivity index (χ3v) is 2.09. The van der Waals surface area contributed by atoms with Crippen LogP contribution >= 0.6 is 0 Å². The molecule has 0 radical (unpaired) electrons. The van der Waals surface area contributed by atoms with Crippen LogP contribution in [0.15, 0.2) is 36.4 Å². The molecule has 66 valence electrons. The van der Waals surface area contributed by atoms with Gasteiger partial charge < -0.3 is 5.11 Å². The van der Waals surface area contributed by atoms with E-state index in [1.807, 2.05) is 24.3 Å². The number of rotatable bonds is 1. The van der Waals surface area contributed by atoms with E-state index in [0.29, 0.717) is 5.56 Å². The zero-order chi connectivity index (χ0) is 9.26. The third kappa shape index (κ3) is 1.40. The van der Waals surface area contributed by atoms with Gasteiger partial charge in [0.15, 0.2) is 0 Å². The van der Waals surface area contributed by atoms with Crippen molar-refractivity contribution in [1.29, 1.82) is 0 Å². The summed E-state index contributed by atoms with van der Waals surface area (Å²) in [5.41, 5.74) is 0.346. The van der Waals surface area contributed by atoms with Crippen LogP contribution in [-0.2, 0) is 6.61 Å². The highest BCUT2D eigenvalue weighted by Crippen LogP contribution is 2.18. The monoisotopic (exact) mass is 176 g/mol. The molecule has 0 heterocycles. The van der Waals surface area contributed by atoms with Gasteiger partial charge in [-0.15, -0.1) is 0 Å². The quantitative estimate of drug-likeness (QED) is 0.707. The fraction of sp³-hybridized carbons (Fsp3) is 0.0909. The van der Waals surface area contributed by atoms with E-state index in [1.54, 1.807) is 6.07 Å². The number of fused-ring (bicyclic) bond motifs is 1. The first-order valence-corrected chi connectivity index (χ1v) is 4.09. The van der Waals surface area contributed by atoms with Crippen molar-refractivity contribution in [3.05, 3.63) is 47.8 Å². The lowest BCUT2D eigenvalue weighted by atomic mass is 10.1. The summed E-state index contributed by atoms with van der Waals surface area (Å²) in [6.07, 6.45) is 0. The maximum atomic E-state index is 13.2. The number of hydrogen-bond donors (Lipinski definition) is 1. The Balaban J connectivity index is 2.74. The molecule has 0 bridgehead atoms.